The molecule has 2 aromatic carbocycles. The number of nitrogens with zero attached hydrogens (tertiary/aromatic N) is 2. The van der Waals surface area contributed by atoms with E-state index < -0.39 is 11.9 Å². The molecule has 0 bridgehead atoms. The van der Waals surface area contributed by atoms with Crippen LogP contribution in [0.3, 0.4) is 0 Å². The third kappa shape index (κ3) is 7.22. The number of rotatable bonds is 8. The third-order valence-corrected chi connectivity index (χ3v) is 10.6. The molecule has 1 aliphatic carbocycles. The van der Waals surface area contributed by atoms with Crippen LogP contribution < -0.4 is 5.32 Å². The van der Waals surface area contributed by atoms with Gasteiger partial charge in [-0.3, -0.25) is 9.69 Å². The highest BCUT2D eigenvalue weighted by Crippen LogP contribution is 2.42. The van der Waals surface area contributed by atoms with Gasteiger partial charge in [0.25, 0.3) is 0 Å². The smallest absolute Gasteiger partial charge is 0.154 e. The summed E-state index contributed by atoms with van der Waals surface area (Å²) in [7, 11) is 0. The maximum Gasteiger partial charge on any atom is 0.154 e. The van der Waals surface area contributed by atoms with Crippen LogP contribution in [0.1, 0.15) is 68.9 Å². The van der Waals surface area contributed by atoms with E-state index in [1.54, 1.807) is 12.1 Å². The van der Waals surface area contributed by atoms with Gasteiger partial charge in [0.1, 0.15) is 5.82 Å². The standard InChI is InChI=1S/C32H41Cl3FN3O/c33-26-8-4-9-29(36)25(26)21-31(40)30-22-32(12-5-14-37-30,23-10-11-27(34)28(35)20-23)13-15-38-16-18-39(19-17-38)24-6-2-1-3-7-24/h4,8-11,20,24,30,37H,1-3,5-7,12-19,21-22H2. The van der Waals surface area contributed by atoms with E-state index in [-0.39, 0.29) is 23.2 Å². The largest absolute Gasteiger partial charge is 0.307 e. The van der Waals surface area contributed by atoms with Crippen LogP contribution >= 0.6 is 34.8 Å². The fourth-order valence-electron chi connectivity index (χ4n) is 7.12. The van der Waals surface area contributed by atoms with Gasteiger partial charge in [-0.2, -0.15) is 0 Å². The number of benzene rings is 2. The molecule has 0 amide bonds. The topological polar surface area (TPSA) is 35.6 Å². The molecule has 0 spiro atoms. The molecule has 2 unspecified atom stereocenters. The second kappa shape index (κ2) is 13.8. The van der Waals surface area contributed by atoms with Crippen molar-refractivity contribution in [2.24, 2.45) is 0 Å². The zero-order valence-corrected chi connectivity index (χ0v) is 25.5. The normalized spacial score (nSPS) is 25.6. The first kappa shape index (κ1) is 30.3. The number of halogens is 4. The summed E-state index contributed by atoms with van der Waals surface area (Å²) in [5.41, 5.74) is 1.17. The van der Waals surface area contributed by atoms with E-state index >= 15 is 0 Å². The van der Waals surface area contributed by atoms with Gasteiger partial charge in [-0.1, -0.05) is 66.2 Å². The Morgan fingerprint density at radius 3 is 2.45 bits per heavy atom. The second-order valence-corrected chi connectivity index (χ2v) is 13.2. The van der Waals surface area contributed by atoms with Crippen LogP contribution in [0.15, 0.2) is 36.4 Å². The molecule has 3 fully saturated rings. The van der Waals surface area contributed by atoms with Crippen LogP contribution in [0.25, 0.3) is 0 Å². The van der Waals surface area contributed by atoms with Crippen LogP contribution in [-0.2, 0) is 16.6 Å². The Morgan fingerprint density at radius 1 is 0.950 bits per heavy atom. The summed E-state index contributed by atoms with van der Waals surface area (Å²) in [5, 5.41) is 4.85. The number of nitrogens with one attached hydrogen (secondary N) is 1. The van der Waals surface area contributed by atoms with Crippen LogP contribution in [0.4, 0.5) is 4.39 Å². The molecule has 2 aliphatic heterocycles. The zero-order valence-electron chi connectivity index (χ0n) is 23.2. The van der Waals surface area contributed by atoms with Gasteiger partial charge < -0.3 is 10.2 Å². The molecule has 2 aromatic rings. The van der Waals surface area contributed by atoms with E-state index in [0.717, 1.165) is 70.1 Å². The fraction of sp³-hybridized carbons (Fsp3) is 0.594. The predicted octanol–water partition coefficient (Wildman–Crippen LogP) is 7.32. The van der Waals surface area contributed by atoms with Gasteiger partial charge in [0, 0.05) is 49.2 Å². The highest BCUT2D eigenvalue weighted by molar-refractivity contribution is 6.42. The molecule has 3 aliphatic rings. The minimum Gasteiger partial charge on any atom is -0.307 e. The van der Waals surface area contributed by atoms with E-state index in [1.807, 2.05) is 12.1 Å². The van der Waals surface area contributed by atoms with Gasteiger partial charge in [0.15, 0.2) is 5.78 Å². The summed E-state index contributed by atoms with van der Waals surface area (Å²) in [4.78, 5) is 18.9. The number of hydrogen-bond donors (Lipinski definition) is 1. The van der Waals surface area contributed by atoms with Crippen molar-refractivity contribution in [3.05, 3.63) is 68.4 Å². The average Bonchev–Trinajstić information content (AvgIpc) is 3.20. The first-order valence-corrected chi connectivity index (χ1v) is 16.1. The molecule has 2 atom stereocenters. The summed E-state index contributed by atoms with van der Waals surface area (Å²) < 4.78 is 14.5. The maximum absolute atomic E-state index is 14.5. The first-order chi connectivity index (χ1) is 19.3. The SMILES string of the molecule is O=C(Cc1c(F)cccc1Cl)C1CC(CCN2CCN(C3CCCCC3)CC2)(c2ccc(Cl)c(Cl)c2)CCCN1. The van der Waals surface area contributed by atoms with Crippen molar-refractivity contribution in [2.75, 3.05) is 39.3 Å². The van der Waals surface area contributed by atoms with Crippen LogP contribution in [0, 0.1) is 5.82 Å². The van der Waals surface area contributed by atoms with Crippen molar-refractivity contribution in [3.8, 4) is 0 Å². The van der Waals surface area contributed by atoms with Crippen molar-refractivity contribution in [1.29, 1.82) is 0 Å². The Kier molecular flexibility index (Phi) is 10.5. The van der Waals surface area contributed by atoms with Crippen molar-refractivity contribution in [3.63, 3.8) is 0 Å². The van der Waals surface area contributed by atoms with Gasteiger partial charge in [-0.15, -0.1) is 0 Å². The molecule has 0 radical (unpaired) electrons. The lowest BCUT2D eigenvalue weighted by atomic mass is 9.70. The maximum atomic E-state index is 14.5. The number of ketones is 1. The zero-order chi connectivity index (χ0) is 28.1. The van der Waals surface area contributed by atoms with E-state index in [0.29, 0.717) is 21.5 Å². The Hall–Kier alpha value is -1.21. The van der Waals surface area contributed by atoms with Crippen molar-refractivity contribution >= 4 is 40.6 Å². The van der Waals surface area contributed by atoms with Crippen LogP contribution in [0.2, 0.25) is 15.1 Å². The lowest BCUT2D eigenvalue weighted by Gasteiger charge is -2.42. The van der Waals surface area contributed by atoms with Gasteiger partial charge >= 0.3 is 0 Å². The highest BCUT2D eigenvalue weighted by atomic mass is 35.5. The van der Waals surface area contributed by atoms with Gasteiger partial charge in [0.05, 0.1) is 16.1 Å². The Morgan fingerprint density at radius 2 is 1.73 bits per heavy atom. The first-order valence-electron chi connectivity index (χ1n) is 15.0. The molecule has 4 nitrogen and oxygen atoms in total. The van der Waals surface area contributed by atoms with Crippen molar-refractivity contribution in [2.45, 2.75) is 81.7 Å². The molecule has 2 heterocycles. The third-order valence-electron chi connectivity index (χ3n) is 9.56. The molecule has 1 N–H and O–H groups in total. The van der Waals surface area contributed by atoms with Gasteiger partial charge in [-0.05, 0) is 86.9 Å². The molecular formula is C32H41Cl3FN3O. The fourth-order valence-corrected chi connectivity index (χ4v) is 7.65. The van der Waals surface area contributed by atoms with E-state index in [1.165, 1.54) is 38.2 Å². The average molecular weight is 609 g/mol. The van der Waals surface area contributed by atoms with Crippen molar-refractivity contribution < 1.29 is 9.18 Å². The summed E-state index contributed by atoms with van der Waals surface area (Å²) in [6, 6.07) is 10.9. The molecule has 8 heteroatoms. The quantitative estimate of drug-likeness (QED) is 0.341. The van der Waals surface area contributed by atoms with Crippen LogP contribution in [-0.4, -0.2) is 66.9 Å². The molecule has 218 valence electrons. The molecule has 1 saturated carbocycles. The summed E-state index contributed by atoms with van der Waals surface area (Å²) >= 11 is 19.1. The molecule has 0 aromatic heterocycles. The van der Waals surface area contributed by atoms with Crippen LogP contribution in [0.5, 0.6) is 0 Å². The van der Waals surface area contributed by atoms with E-state index in [4.69, 9.17) is 34.8 Å². The Bertz CT molecular complexity index is 1150. The lowest BCUT2D eigenvalue weighted by Crippen LogP contribution is -2.51. The minimum absolute atomic E-state index is 0.0241. The van der Waals surface area contributed by atoms with E-state index in [2.05, 4.69) is 21.2 Å². The number of piperazine rings is 1. The molecule has 40 heavy (non-hydrogen) atoms. The molecule has 5 rings (SSSR count). The van der Waals surface area contributed by atoms with E-state index in [9.17, 15) is 9.18 Å². The van der Waals surface area contributed by atoms with Gasteiger partial charge in [0.2, 0.25) is 0 Å². The number of Topliss-reactive ketones (excluding diaryl/α,β-unsaturated/α-hetero) is 1. The number of carbonyl (C=O) groups excluding carboxylic acids is 1. The molecule has 2 saturated heterocycles. The second-order valence-electron chi connectivity index (χ2n) is 12.0. The monoisotopic (exact) mass is 607 g/mol. The van der Waals surface area contributed by atoms with Crippen molar-refractivity contribution in [1.82, 2.24) is 15.1 Å². The summed E-state index contributed by atoms with van der Waals surface area (Å²) in [6.07, 6.45) is 10.3. The minimum atomic E-state index is -0.433. The highest BCUT2D eigenvalue weighted by Gasteiger charge is 2.39. The Labute approximate surface area is 253 Å². The summed E-state index contributed by atoms with van der Waals surface area (Å²) in [5.74, 6) is -0.461. The predicted molar refractivity (Wildman–Crippen MR) is 163 cm³/mol. The number of hydrogen-bond acceptors (Lipinski definition) is 4. The van der Waals surface area contributed by atoms with Gasteiger partial charge in [-0.25, -0.2) is 4.39 Å². The Balaban J connectivity index is 1.32. The number of carbonyl (C=O) groups is 1. The molecular weight excluding hydrogens is 568 g/mol. The summed E-state index contributed by atoms with van der Waals surface area (Å²) in [6.45, 7) is 6.15. The lowest BCUT2D eigenvalue weighted by molar-refractivity contribution is -0.120.